The fraction of sp³-hybridized carbons (Fsp3) is 0.857. The van der Waals surface area contributed by atoms with Crippen molar-refractivity contribution in [1.29, 1.82) is 0 Å². The first-order valence-electron chi connectivity index (χ1n) is 7.11. The Bertz CT molecular complexity index is 299. The topological polar surface area (TPSA) is 58.6 Å². The third-order valence-electron chi connectivity index (χ3n) is 3.85. The van der Waals surface area contributed by atoms with Crippen LogP contribution in [0.25, 0.3) is 0 Å². The summed E-state index contributed by atoms with van der Waals surface area (Å²) in [5.74, 6) is 0.858. The monoisotopic (exact) mass is 270 g/mol. The predicted octanol–water partition coefficient (Wildman–Crippen LogP) is 1.03. The molecule has 0 saturated heterocycles. The van der Waals surface area contributed by atoms with E-state index in [2.05, 4.69) is 5.32 Å². The van der Waals surface area contributed by atoms with Crippen LogP contribution in [0.3, 0.4) is 0 Å². The average Bonchev–Trinajstić information content (AvgIpc) is 2.44. The molecule has 0 aliphatic heterocycles. The Hall–Kier alpha value is -1.10. The molecule has 1 saturated carbocycles. The van der Waals surface area contributed by atoms with Gasteiger partial charge in [0.2, 0.25) is 11.8 Å². The Morgan fingerprint density at radius 1 is 1.26 bits per heavy atom. The van der Waals surface area contributed by atoms with Gasteiger partial charge in [0, 0.05) is 33.2 Å². The van der Waals surface area contributed by atoms with Crippen molar-refractivity contribution < 1.29 is 14.3 Å². The Morgan fingerprint density at radius 3 is 2.42 bits per heavy atom. The van der Waals surface area contributed by atoms with Crippen LogP contribution in [0, 0.1) is 11.8 Å². The minimum atomic E-state index is 0.0373. The minimum absolute atomic E-state index is 0.0373. The van der Waals surface area contributed by atoms with Crippen molar-refractivity contribution in [2.75, 3.05) is 33.9 Å². The number of rotatable bonds is 6. The molecule has 5 heteroatoms. The largest absolute Gasteiger partial charge is 0.372 e. The van der Waals surface area contributed by atoms with Gasteiger partial charge in [0.1, 0.15) is 6.61 Å². The number of carbonyl (C=O) groups is 2. The van der Waals surface area contributed by atoms with Gasteiger partial charge < -0.3 is 15.0 Å². The molecular weight excluding hydrogens is 244 g/mol. The van der Waals surface area contributed by atoms with E-state index >= 15 is 0 Å². The predicted molar refractivity (Wildman–Crippen MR) is 73.6 cm³/mol. The third kappa shape index (κ3) is 5.19. The van der Waals surface area contributed by atoms with Crippen LogP contribution < -0.4 is 5.32 Å². The molecule has 0 atom stereocenters. The fourth-order valence-corrected chi connectivity index (χ4v) is 2.60. The number of carbonyl (C=O) groups excluding carboxylic acids is 2. The van der Waals surface area contributed by atoms with Crippen LogP contribution in [-0.2, 0) is 14.3 Å². The lowest BCUT2D eigenvalue weighted by molar-refractivity contribution is -0.135. The van der Waals surface area contributed by atoms with Crippen LogP contribution in [0.15, 0.2) is 0 Å². The van der Waals surface area contributed by atoms with E-state index in [0.717, 1.165) is 32.2 Å². The summed E-state index contributed by atoms with van der Waals surface area (Å²) < 4.78 is 5.12. The highest BCUT2D eigenvalue weighted by Gasteiger charge is 2.26. The van der Waals surface area contributed by atoms with E-state index in [1.165, 1.54) is 0 Å². The molecule has 1 aliphatic rings. The number of nitrogens with one attached hydrogen (secondary N) is 1. The summed E-state index contributed by atoms with van der Waals surface area (Å²) in [6.45, 7) is 3.39. The molecule has 0 aromatic rings. The van der Waals surface area contributed by atoms with Gasteiger partial charge in [-0.3, -0.25) is 9.59 Å². The SMILES string of the molecule is CCOCC(=O)N(C)CC1CCC(C(=O)NC)CC1. The maximum Gasteiger partial charge on any atom is 0.248 e. The molecule has 0 spiro atoms. The molecule has 19 heavy (non-hydrogen) atoms. The molecule has 0 heterocycles. The van der Waals surface area contributed by atoms with E-state index in [1.54, 1.807) is 11.9 Å². The minimum Gasteiger partial charge on any atom is -0.372 e. The van der Waals surface area contributed by atoms with Gasteiger partial charge in [0.15, 0.2) is 0 Å². The molecule has 0 unspecified atom stereocenters. The molecule has 1 rings (SSSR count). The quantitative estimate of drug-likeness (QED) is 0.784. The average molecular weight is 270 g/mol. The van der Waals surface area contributed by atoms with Crippen molar-refractivity contribution in [1.82, 2.24) is 10.2 Å². The highest BCUT2D eigenvalue weighted by Crippen LogP contribution is 2.29. The summed E-state index contributed by atoms with van der Waals surface area (Å²) >= 11 is 0. The van der Waals surface area contributed by atoms with Crippen LogP contribution in [0.4, 0.5) is 0 Å². The lowest BCUT2D eigenvalue weighted by atomic mass is 9.81. The van der Waals surface area contributed by atoms with Crippen molar-refractivity contribution in [2.45, 2.75) is 32.6 Å². The number of ether oxygens (including phenoxy) is 1. The van der Waals surface area contributed by atoms with Gasteiger partial charge in [-0.2, -0.15) is 0 Å². The van der Waals surface area contributed by atoms with Crippen molar-refractivity contribution >= 4 is 11.8 Å². The molecule has 0 aromatic heterocycles. The summed E-state index contributed by atoms with van der Waals surface area (Å²) in [7, 11) is 3.51. The van der Waals surface area contributed by atoms with Gasteiger partial charge in [-0.05, 0) is 38.5 Å². The smallest absolute Gasteiger partial charge is 0.248 e. The zero-order valence-electron chi connectivity index (χ0n) is 12.3. The van der Waals surface area contributed by atoms with Gasteiger partial charge in [0.05, 0.1) is 0 Å². The van der Waals surface area contributed by atoms with E-state index < -0.39 is 0 Å². The zero-order valence-corrected chi connectivity index (χ0v) is 12.3. The molecule has 0 bridgehead atoms. The first-order chi connectivity index (χ1) is 9.08. The second-order valence-electron chi connectivity index (χ2n) is 5.24. The van der Waals surface area contributed by atoms with E-state index in [9.17, 15) is 9.59 Å². The Labute approximate surface area is 115 Å². The zero-order chi connectivity index (χ0) is 14.3. The molecule has 5 nitrogen and oxygen atoms in total. The first-order valence-corrected chi connectivity index (χ1v) is 7.11. The second-order valence-corrected chi connectivity index (χ2v) is 5.24. The van der Waals surface area contributed by atoms with E-state index in [-0.39, 0.29) is 24.3 Å². The molecule has 1 aliphatic carbocycles. The van der Waals surface area contributed by atoms with Gasteiger partial charge >= 0.3 is 0 Å². The summed E-state index contributed by atoms with van der Waals surface area (Å²) in [4.78, 5) is 25.0. The normalized spacial score (nSPS) is 22.9. The van der Waals surface area contributed by atoms with Crippen LogP contribution in [0.2, 0.25) is 0 Å². The van der Waals surface area contributed by atoms with Crippen LogP contribution in [-0.4, -0.2) is 50.6 Å². The van der Waals surface area contributed by atoms with E-state index in [0.29, 0.717) is 12.5 Å². The first kappa shape index (κ1) is 16.0. The Kier molecular flexibility index (Phi) is 6.84. The van der Waals surface area contributed by atoms with Gasteiger partial charge in [-0.25, -0.2) is 0 Å². The van der Waals surface area contributed by atoms with Crippen LogP contribution in [0.5, 0.6) is 0 Å². The number of likely N-dealkylation sites (N-methyl/N-ethyl adjacent to an activating group) is 1. The molecule has 2 amide bonds. The maximum atomic E-state index is 11.7. The van der Waals surface area contributed by atoms with Crippen LogP contribution >= 0.6 is 0 Å². The molecule has 110 valence electrons. The molecule has 1 fully saturated rings. The summed E-state index contributed by atoms with van der Waals surface area (Å²) in [5, 5.41) is 2.71. The van der Waals surface area contributed by atoms with Gasteiger partial charge in [0.25, 0.3) is 0 Å². The van der Waals surface area contributed by atoms with E-state index in [1.807, 2.05) is 14.0 Å². The van der Waals surface area contributed by atoms with Crippen molar-refractivity contribution in [3.05, 3.63) is 0 Å². The maximum absolute atomic E-state index is 11.7. The fourth-order valence-electron chi connectivity index (χ4n) is 2.60. The Balaban J connectivity index is 2.28. The highest BCUT2D eigenvalue weighted by atomic mass is 16.5. The second kappa shape index (κ2) is 8.15. The summed E-state index contributed by atoms with van der Waals surface area (Å²) in [6, 6.07) is 0. The van der Waals surface area contributed by atoms with Gasteiger partial charge in [-0.1, -0.05) is 0 Å². The molecule has 1 N–H and O–H groups in total. The molecular formula is C14H26N2O3. The number of amides is 2. The third-order valence-corrected chi connectivity index (χ3v) is 3.85. The highest BCUT2D eigenvalue weighted by molar-refractivity contribution is 5.78. The summed E-state index contributed by atoms with van der Waals surface area (Å²) in [6.07, 6.45) is 3.89. The van der Waals surface area contributed by atoms with E-state index in [4.69, 9.17) is 4.74 Å². The van der Waals surface area contributed by atoms with Crippen molar-refractivity contribution in [3.8, 4) is 0 Å². The number of hydrogen-bond acceptors (Lipinski definition) is 3. The van der Waals surface area contributed by atoms with Crippen LogP contribution in [0.1, 0.15) is 32.6 Å². The number of hydrogen-bond donors (Lipinski definition) is 1. The van der Waals surface area contributed by atoms with Crippen molar-refractivity contribution in [2.24, 2.45) is 11.8 Å². The standard InChI is InChI=1S/C14H26N2O3/c1-4-19-10-13(17)16(3)9-11-5-7-12(8-6-11)14(18)15-2/h11-12H,4-10H2,1-3H3,(H,15,18). The van der Waals surface area contributed by atoms with Crippen molar-refractivity contribution in [3.63, 3.8) is 0 Å². The molecule has 0 radical (unpaired) electrons. The lowest BCUT2D eigenvalue weighted by Crippen LogP contribution is -2.37. The lowest BCUT2D eigenvalue weighted by Gasteiger charge is -2.30. The summed E-state index contributed by atoms with van der Waals surface area (Å²) in [5.41, 5.74) is 0. The number of nitrogens with zero attached hydrogens (tertiary/aromatic N) is 1. The Morgan fingerprint density at radius 2 is 1.89 bits per heavy atom. The molecule has 0 aromatic carbocycles. The van der Waals surface area contributed by atoms with Gasteiger partial charge in [-0.15, -0.1) is 0 Å².